The maximum atomic E-state index is 13.7. The highest BCUT2D eigenvalue weighted by atomic mass is 19.1. The predicted octanol–water partition coefficient (Wildman–Crippen LogP) is 0.191. The lowest BCUT2D eigenvalue weighted by Gasteiger charge is -2.18. The van der Waals surface area contributed by atoms with Crippen molar-refractivity contribution in [1.82, 2.24) is 0 Å². The van der Waals surface area contributed by atoms with E-state index in [9.17, 15) is 14.0 Å². The zero-order valence-electron chi connectivity index (χ0n) is 9.84. The monoisotopic (exact) mass is 250 g/mol. The quantitative estimate of drug-likeness (QED) is 0.663. The molecule has 0 saturated carbocycles. The predicted molar refractivity (Wildman–Crippen MR) is 52.8 cm³/mol. The highest BCUT2D eigenvalue weighted by Gasteiger charge is 2.48. The lowest BCUT2D eigenvalue weighted by atomic mass is 10.1. The minimum Gasteiger partial charge on any atom is -0.463 e. The van der Waals surface area contributed by atoms with Crippen LogP contribution in [0.2, 0.25) is 0 Å². The van der Waals surface area contributed by atoms with Crippen LogP contribution in [-0.4, -0.2) is 50.3 Å². The SMILES string of the molecule is COC1O[C@H](COC(C)=O)[C@@H](OC(C)=O)[C@@H]1F. The first kappa shape index (κ1) is 13.9. The summed E-state index contributed by atoms with van der Waals surface area (Å²) in [7, 11) is 1.27. The molecule has 1 aliphatic rings. The maximum absolute atomic E-state index is 13.7. The first-order valence-electron chi connectivity index (χ1n) is 5.08. The Morgan fingerprint density at radius 2 is 1.94 bits per heavy atom. The number of ether oxygens (including phenoxy) is 4. The third-order valence-electron chi connectivity index (χ3n) is 2.23. The van der Waals surface area contributed by atoms with Crippen LogP contribution >= 0.6 is 0 Å². The van der Waals surface area contributed by atoms with Gasteiger partial charge in [0.05, 0.1) is 0 Å². The van der Waals surface area contributed by atoms with E-state index in [1.54, 1.807) is 0 Å². The van der Waals surface area contributed by atoms with Crippen LogP contribution in [-0.2, 0) is 28.5 Å². The van der Waals surface area contributed by atoms with Crippen molar-refractivity contribution in [2.75, 3.05) is 13.7 Å². The summed E-state index contributed by atoms with van der Waals surface area (Å²) >= 11 is 0. The Bertz CT molecular complexity index is 295. The highest BCUT2D eigenvalue weighted by Crippen LogP contribution is 2.27. The number of esters is 2. The van der Waals surface area contributed by atoms with Crippen molar-refractivity contribution in [1.29, 1.82) is 0 Å². The van der Waals surface area contributed by atoms with Gasteiger partial charge in [-0.05, 0) is 0 Å². The van der Waals surface area contributed by atoms with Crippen molar-refractivity contribution >= 4 is 11.9 Å². The molecule has 6 nitrogen and oxygen atoms in total. The molecule has 0 N–H and O–H groups in total. The summed E-state index contributed by atoms with van der Waals surface area (Å²) in [4.78, 5) is 21.5. The van der Waals surface area contributed by atoms with Gasteiger partial charge in [0.15, 0.2) is 18.6 Å². The number of hydrogen-bond acceptors (Lipinski definition) is 6. The minimum atomic E-state index is -1.61. The molecule has 0 aromatic carbocycles. The molecule has 17 heavy (non-hydrogen) atoms. The Kier molecular flexibility index (Phi) is 4.83. The molecule has 0 bridgehead atoms. The molecule has 0 aliphatic carbocycles. The second-order valence-electron chi connectivity index (χ2n) is 3.60. The summed E-state index contributed by atoms with van der Waals surface area (Å²) in [5.41, 5.74) is 0. The first-order valence-corrected chi connectivity index (χ1v) is 5.08. The van der Waals surface area contributed by atoms with Crippen LogP contribution in [0.5, 0.6) is 0 Å². The molecular weight excluding hydrogens is 235 g/mol. The van der Waals surface area contributed by atoms with Gasteiger partial charge in [0.25, 0.3) is 0 Å². The molecule has 98 valence electrons. The molecule has 1 saturated heterocycles. The molecule has 1 fully saturated rings. The van der Waals surface area contributed by atoms with Crippen LogP contribution in [0.15, 0.2) is 0 Å². The van der Waals surface area contributed by atoms with Gasteiger partial charge in [0.1, 0.15) is 12.7 Å². The summed E-state index contributed by atoms with van der Waals surface area (Å²) in [5.74, 6) is -1.16. The molecule has 7 heteroatoms. The second-order valence-corrected chi connectivity index (χ2v) is 3.60. The molecule has 0 amide bonds. The summed E-state index contributed by atoms with van der Waals surface area (Å²) < 4.78 is 33.1. The molecule has 1 rings (SSSR count). The van der Waals surface area contributed by atoms with Crippen LogP contribution in [0.4, 0.5) is 4.39 Å². The number of hydrogen-bond donors (Lipinski definition) is 0. The van der Waals surface area contributed by atoms with E-state index in [0.29, 0.717) is 0 Å². The topological polar surface area (TPSA) is 71.1 Å². The number of halogens is 1. The van der Waals surface area contributed by atoms with E-state index < -0.39 is 36.6 Å². The Hall–Kier alpha value is -1.21. The molecule has 0 aromatic rings. The Morgan fingerprint density at radius 1 is 1.29 bits per heavy atom. The van der Waals surface area contributed by atoms with Crippen molar-refractivity contribution in [3.05, 3.63) is 0 Å². The van der Waals surface area contributed by atoms with Gasteiger partial charge in [0, 0.05) is 21.0 Å². The van der Waals surface area contributed by atoms with Gasteiger partial charge in [-0.1, -0.05) is 0 Å². The van der Waals surface area contributed by atoms with Gasteiger partial charge in [-0.3, -0.25) is 9.59 Å². The molecule has 0 radical (unpaired) electrons. The van der Waals surface area contributed by atoms with Gasteiger partial charge >= 0.3 is 11.9 Å². The summed E-state index contributed by atoms with van der Waals surface area (Å²) in [6.45, 7) is 2.19. The third-order valence-corrected chi connectivity index (χ3v) is 2.23. The number of methoxy groups -OCH3 is 1. The Labute approximate surface area is 98.0 Å². The normalized spacial score (nSPS) is 32.2. The molecule has 1 unspecified atom stereocenters. The average molecular weight is 250 g/mol. The zero-order chi connectivity index (χ0) is 13.0. The Morgan fingerprint density at radius 3 is 2.41 bits per heavy atom. The van der Waals surface area contributed by atoms with E-state index in [4.69, 9.17) is 18.9 Å². The fourth-order valence-electron chi connectivity index (χ4n) is 1.54. The van der Waals surface area contributed by atoms with E-state index >= 15 is 0 Å². The van der Waals surface area contributed by atoms with Crippen molar-refractivity contribution in [2.24, 2.45) is 0 Å². The molecule has 1 aliphatic heterocycles. The summed E-state index contributed by atoms with van der Waals surface area (Å²) in [5, 5.41) is 0. The average Bonchev–Trinajstić information content (AvgIpc) is 2.53. The molecule has 1 heterocycles. The van der Waals surface area contributed by atoms with Gasteiger partial charge in [-0.15, -0.1) is 0 Å². The lowest BCUT2D eigenvalue weighted by molar-refractivity contribution is -0.162. The molecular formula is C10H15FO6. The third kappa shape index (κ3) is 3.64. The second kappa shape index (κ2) is 5.92. The number of rotatable bonds is 4. The van der Waals surface area contributed by atoms with E-state index in [-0.39, 0.29) is 6.61 Å². The molecule has 4 atom stereocenters. The van der Waals surface area contributed by atoms with E-state index in [0.717, 1.165) is 6.92 Å². The number of alkyl halides is 1. The van der Waals surface area contributed by atoms with Crippen LogP contribution in [0.1, 0.15) is 13.8 Å². The highest BCUT2D eigenvalue weighted by molar-refractivity contribution is 5.66. The first-order chi connectivity index (χ1) is 7.95. The fourth-order valence-corrected chi connectivity index (χ4v) is 1.54. The van der Waals surface area contributed by atoms with Crippen molar-refractivity contribution in [3.63, 3.8) is 0 Å². The number of carbonyl (C=O) groups excluding carboxylic acids is 2. The number of carbonyl (C=O) groups is 2. The van der Waals surface area contributed by atoms with Gasteiger partial charge in [-0.2, -0.15) is 0 Å². The lowest BCUT2D eigenvalue weighted by Crippen LogP contribution is -2.36. The minimum absolute atomic E-state index is 0.187. The standard InChI is InChI=1S/C10H15FO6/c1-5(12)15-4-7-9(16-6(2)13)8(11)10(14-3)17-7/h7-10H,4H2,1-3H3/t7-,8+,9-,10?/m1/s1. The van der Waals surface area contributed by atoms with Crippen molar-refractivity contribution in [2.45, 2.75) is 38.5 Å². The van der Waals surface area contributed by atoms with Crippen molar-refractivity contribution < 1.29 is 32.9 Å². The van der Waals surface area contributed by atoms with E-state index in [1.165, 1.54) is 14.0 Å². The zero-order valence-corrected chi connectivity index (χ0v) is 9.84. The van der Waals surface area contributed by atoms with Crippen LogP contribution in [0.25, 0.3) is 0 Å². The van der Waals surface area contributed by atoms with Crippen LogP contribution in [0.3, 0.4) is 0 Å². The van der Waals surface area contributed by atoms with Gasteiger partial charge in [-0.25, -0.2) is 4.39 Å². The summed E-state index contributed by atoms with van der Waals surface area (Å²) in [6, 6.07) is 0. The van der Waals surface area contributed by atoms with Gasteiger partial charge in [0.2, 0.25) is 0 Å². The molecule has 0 aromatic heterocycles. The largest absolute Gasteiger partial charge is 0.463 e. The summed E-state index contributed by atoms with van der Waals surface area (Å²) in [6.07, 6.45) is -4.72. The van der Waals surface area contributed by atoms with E-state index in [2.05, 4.69) is 0 Å². The fraction of sp³-hybridized carbons (Fsp3) is 0.800. The smallest absolute Gasteiger partial charge is 0.303 e. The van der Waals surface area contributed by atoms with Crippen LogP contribution < -0.4 is 0 Å². The molecule has 0 spiro atoms. The maximum Gasteiger partial charge on any atom is 0.303 e. The van der Waals surface area contributed by atoms with Crippen LogP contribution in [0, 0.1) is 0 Å². The van der Waals surface area contributed by atoms with E-state index in [1.807, 2.05) is 0 Å². The van der Waals surface area contributed by atoms with Gasteiger partial charge < -0.3 is 18.9 Å². The van der Waals surface area contributed by atoms with Crippen molar-refractivity contribution in [3.8, 4) is 0 Å². The Balaban J connectivity index is 2.64.